The Morgan fingerprint density at radius 2 is 2.04 bits per heavy atom. The van der Waals surface area contributed by atoms with E-state index in [2.05, 4.69) is 21.9 Å². The molecule has 1 aliphatic rings. The molecule has 0 aliphatic carbocycles. The summed E-state index contributed by atoms with van der Waals surface area (Å²) < 4.78 is 45.9. The van der Waals surface area contributed by atoms with Gasteiger partial charge in [0.25, 0.3) is 0 Å². The van der Waals surface area contributed by atoms with Crippen molar-refractivity contribution in [2.75, 3.05) is 20.2 Å². The third-order valence-corrected chi connectivity index (χ3v) is 3.69. The maximum atomic E-state index is 12.3. The number of ether oxygens (including phenoxy) is 2. The van der Waals surface area contributed by atoms with Gasteiger partial charge in [0.1, 0.15) is 11.5 Å². The topological polar surface area (TPSA) is 42.5 Å². The first kappa shape index (κ1) is 26.0. The number of rotatable bonds is 6. The zero-order chi connectivity index (χ0) is 21.4. The van der Waals surface area contributed by atoms with Gasteiger partial charge in [-0.1, -0.05) is 38.7 Å². The first-order valence-electron chi connectivity index (χ1n) is 9.50. The highest BCUT2D eigenvalue weighted by Gasteiger charge is 2.31. The highest BCUT2D eigenvalue weighted by atomic mass is 19.4. The lowest BCUT2D eigenvalue weighted by molar-refractivity contribution is -0.274. The summed E-state index contributed by atoms with van der Waals surface area (Å²) in [7, 11) is 1.49. The van der Waals surface area contributed by atoms with Gasteiger partial charge < -0.3 is 20.1 Å². The summed E-state index contributed by atoms with van der Waals surface area (Å²) in [5.41, 5.74) is 0.643. The fourth-order valence-electron chi connectivity index (χ4n) is 2.51. The van der Waals surface area contributed by atoms with Gasteiger partial charge in [0.15, 0.2) is 0 Å². The monoisotopic (exact) mass is 402 g/mol. The third-order valence-electron chi connectivity index (χ3n) is 3.69. The fraction of sp³-hybridized carbons (Fsp3) is 0.524. The molecular weight excluding hydrogens is 369 g/mol. The van der Waals surface area contributed by atoms with Crippen LogP contribution in [0.5, 0.6) is 11.5 Å². The normalized spacial score (nSPS) is 16.3. The first-order valence-corrected chi connectivity index (χ1v) is 9.50. The maximum Gasteiger partial charge on any atom is 0.573 e. The van der Waals surface area contributed by atoms with E-state index in [4.69, 9.17) is 4.74 Å². The van der Waals surface area contributed by atoms with Gasteiger partial charge in [-0.15, -0.1) is 13.2 Å². The van der Waals surface area contributed by atoms with Gasteiger partial charge in [0, 0.05) is 24.7 Å². The summed E-state index contributed by atoms with van der Waals surface area (Å²) in [6, 6.07) is 4.40. The van der Waals surface area contributed by atoms with E-state index >= 15 is 0 Å². The minimum atomic E-state index is -4.69. The molecule has 2 rings (SSSR count). The number of piperidine rings is 1. The molecule has 4 nitrogen and oxygen atoms in total. The summed E-state index contributed by atoms with van der Waals surface area (Å²) >= 11 is 0. The van der Waals surface area contributed by atoms with Crippen molar-refractivity contribution in [2.24, 2.45) is 0 Å². The van der Waals surface area contributed by atoms with E-state index < -0.39 is 6.36 Å². The van der Waals surface area contributed by atoms with Crippen LogP contribution in [0.15, 0.2) is 43.0 Å². The van der Waals surface area contributed by atoms with Crippen molar-refractivity contribution >= 4 is 0 Å². The molecule has 2 N–H and O–H groups in total. The molecule has 1 fully saturated rings. The van der Waals surface area contributed by atoms with Crippen molar-refractivity contribution in [3.05, 3.63) is 48.6 Å². The highest BCUT2D eigenvalue weighted by Crippen LogP contribution is 2.28. The molecule has 0 spiro atoms. The van der Waals surface area contributed by atoms with Crippen LogP contribution in [-0.4, -0.2) is 32.6 Å². The Kier molecular flexibility index (Phi) is 13.9. The van der Waals surface area contributed by atoms with Crippen LogP contribution in [0.2, 0.25) is 0 Å². The van der Waals surface area contributed by atoms with Gasteiger partial charge in [0.2, 0.25) is 0 Å². The number of allylic oxidation sites excluding steroid dienone is 3. The molecule has 0 bridgehead atoms. The molecule has 160 valence electrons. The van der Waals surface area contributed by atoms with Crippen LogP contribution in [0.1, 0.15) is 39.2 Å². The lowest BCUT2D eigenvalue weighted by Crippen LogP contribution is -2.42. The van der Waals surface area contributed by atoms with Crippen LogP contribution in [0.25, 0.3) is 0 Å². The highest BCUT2D eigenvalue weighted by molar-refractivity contribution is 5.40. The number of nitrogens with one attached hydrogen (secondary N) is 2. The second-order valence-electron chi connectivity index (χ2n) is 5.71. The summed E-state index contributed by atoms with van der Waals surface area (Å²) in [6.07, 6.45) is 3.03. The van der Waals surface area contributed by atoms with Gasteiger partial charge in [0.05, 0.1) is 7.11 Å². The van der Waals surface area contributed by atoms with E-state index in [1.165, 1.54) is 25.3 Å². The Morgan fingerprint density at radius 1 is 1.32 bits per heavy atom. The average molecular weight is 403 g/mol. The second-order valence-corrected chi connectivity index (χ2v) is 5.71. The molecule has 1 saturated heterocycles. The quantitative estimate of drug-likeness (QED) is 0.641. The number of benzene rings is 1. The van der Waals surface area contributed by atoms with Gasteiger partial charge in [-0.2, -0.15) is 0 Å². The van der Waals surface area contributed by atoms with Crippen molar-refractivity contribution in [3.63, 3.8) is 0 Å². The molecule has 0 aromatic heterocycles. The first-order chi connectivity index (χ1) is 13.4. The summed E-state index contributed by atoms with van der Waals surface area (Å²) in [6.45, 7) is 11.7. The van der Waals surface area contributed by atoms with Gasteiger partial charge in [-0.3, -0.25) is 0 Å². The van der Waals surface area contributed by atoms with Crippen LogP contribution in [0.4, 0.5) is 13.2 Å². The van der Waals surface area contributed by atoms with Crippen LogP contribution < -0.4 is 20.1 Å². The Balaban J connectivity index is 0.000000906. The predicted molar refractivity (Wildman–Crippen MR) is 109 cm³/mol. The van der Waals surface area contributed by atoms with Crippen molar-refractivity contribution in [2.45, 2.75) is 52.6 Å². The number of halogens is 3. The Labute approximate surface area is 166 Å². The number of hydrogen-bond donors (Lipinski definition) is 2. The molecule has 1 heterocycles. The summed E-state index contributed by atoms with van der Waals surface area (Å²) in [5, 5.41) is 6.60. The van der Waals surface area contributed by atoms with Crippen molar-refractivity contribution < 1.29 is 22.6 Å². The van der Waals surface area contributed by atoms with Crippen molar-refractivity contribution in [3.8, 4) is 11.5 Å². The second kappa shape index (κ2) is 15.0. The summed E-state index contributed by atoms with van der Waals surface area (Å²) in [5.74, 6) is 0.308. The molecule has 0 saturated carbocycles. The standard InChI is InChI=1S/C14H19F3N2O2.C5H8.C2H6/c1-20-13-5-4-12(21-14(15,16)17)7-10(13)8-19-11-3-2-6-18-9-11;1-3-5-4-2;1-2/h4-5,7,11,18-19H,2-3,6,8-9H2,1H3;3-5H,1H2,2H3;1-2H3/b;5-4-;/t11-;;/m0../s1. The van der Waals surface area contributed by atoms with Crippen LogP contribution >= 0.6 is 0 Å². The lowest BCUT2D eigenvalue weighted by Gasteiger charge is -2.24. The molecule has 1 aromatic rings. The number of alkyl halides is 3. The van der Waals surface area contributed by atoms with E-state index in [-0.39, 0.29) is 5.75 Å². The van der Waals surface area contributed by atoms with E-state index in [0.29, 0.717) is 23.9 Å². The molecule has 28 heavy (non-hydrogen) atoms. The van der Waals surface area contributed by atoms with Crippen molar-refractivity contribution in [1.82, 2.24) is 10.6 Å². The molecular formula is C21H33F3N2O2. The number of methoxy groups -OCH3 is 1. The number of hydrogen-bond acceptors (Lipinski definition) is 4. The van der Waals surface area contributed by atoms with E-state index in [9.17, 15) is 13.2 Å². The van der Waals surface area contributed by atoms with Gasteiger partial charge in [-0.05, 0) is 44.5 Å². The Morgan fingerprint density at radius 3 is 2.50 bits per heavy atom. The third kappa shape index (κ3) is 11.7. The minimum Gasteiger partial charge on any atom is -0.496 e. The lowest BCUT2D eigenvalue weighted by atomic mass is 10.1. The molecule has 0 radical (unpaired) electrons. The Hall–Kier alpha value is -1.99. The zero-order valence-electron chi connectivity index (χ0n) is 17.2. The minimum absolute atomic E-state index is 0.234. The van der Waals surface area contributed by atoms with Crippen molar-refractivity contribution in [1.29, 1.82) is 0 Å². The largest absolute Gasteiger partial charge is 0.573 e. The van der Waals surface area contributed by atoms with E-state index in [1.54, 1.807) is 6.08 Å². The molecule has 1 aliphatic heterocycles. The Bertz CT molecular complexity index is 569. The molecule has 0 unspecified atom stereocenters. The zero-order valence-corrected chi connectivity index (χ0v) is 17.2. The van der Waals surface area contributed by atoms with Crippen LogP contribution in [0, 0.1) is 0 Å². The van der Waals surface area contributed by atoms with E-state index in [0.717, 1.165) is 25.9 Å². The maximum absolute atomic E-state index is 12.3. The fourth-order valence-corrected chi connectivity index (χ4v) is 2.51. The van der Waals surface area contributed by atoms with Gasteiger partial charge >= 0.3 is 6.36 Å². The van der Waals surface area contributed by atoms with Gasteiger partial charge in [-0.25, -0.2) is 0 Å². The summed E-state index contributed by atoms with van der Waals surface area (Å²) in [4.78, 5) is 0. The smallest absolute Gasteiger partial charge is 0.496 e. The van der Waals surface area contributed by atoms with Crippen LogP contribution in [-0.2, 0) is 6.54 Å². The molecule has 1 atom stereocenters. The average Bonchev–Trinajstić information content (AvgIpc) is 2.69. The van der Waals surface area contributed by atoms with E-state index in [1.807, 2.05) is 32.9 Å². The molecule has 7 heteroatoms. The molecule has 1 aromatic carbocycles. The SMILES string of the molecule is C=C/C=C\C.CC.COc1ccc(OC(F)(F)F)cc1CN[C@H]1CCCNC1. The van der Waals surface area contributed by atoms with Crippen LogP contribution in [0.3, 0.4) is 0 Å². The predicted octanol–water partition coefficient (Wildman–Crippen LogP) is 5.21. The molecule has 0 amide bonds.